The standard InChI is InChI=1S/C12H18N2O3S2/c1-8(7-18-3)14(2)12(17)13-10(11(15)16)9-5-4-6-19-9/h4-6,8,10H,7H2,1-3H3,(H,13,17)(H,15,16). The van der Waals surface area contributed by atoms with Gasteiger partial charge in [0, 0.05) is 23.7 Å². The zero-order chi connectivity index (χ0) is 14.4. The summed E-state index contributed by atoms with van der Waals surface area (Å²) in [7, 11) is 1.67. The average molecular weight is 302 g/mol. The smallest absolute Gasteiger partial charge is 0.331 e. The molecule has 1 heterocycles. The highest BCUT2D eigenvalue weighted by Crippen LogP contribution is 2.19. The van der Waals surface area contributed by atoms with E-state index in [-0.39, 0.29) is 12.1 Å². The van der Waals surface area contributed by atoms with Crippen LogP contribution in [-0.4, -0.2) is 47.1 Å². The predicted molar refractivity (Wildman–Crippen MR) is 78.8 cm³/mol. The van der Waals surface area contributed by atoms with E-state index < -0.39 is 12.0 Å². The van der Waals surface area contributed by atoms with Crippen molar-refractivity contribution in [1.82, 2.24) is 10.2 Å². The van der Waals surface area contributed by atoms with Crippen molar-refractivity contribution >= 4 is 35.1 Å². The molecule has 0 radical (unpaired) electrons. The number of aliphatic carboxylic acids is 1. The monoisotopic (exact) mass is 302 g/mol. The maximum Gasteiger partial charge on any atom is 0.331 e. The molecule has 0 aromatic carbocycles. The molecule has 0 bridgehead atoms. The highest BCUT2D eigenvalue weighted by atomic mass is 32.2. The van der Waals surface area contributed by atoms with Crippen LogP contribution in [0.3, 0.4) is 0 Å². The third-order valence-corrected chi connectivity index (χ3v) is 4.48. The van der Waals surface area contributed by atoms with Crippen molar-refractivity contribution in [3.8, 4) is 0 Å². The number of hydrogen-bond acceptors (Lipinski definition) is 4. The Balaban J connectivity index is 2.70. The Morgan fingerprint density at radius 1 is 1.58 bits per heavy atom. The van der Waals surface area contributed by atoms with Gasteiger partial charge in [-0.15, -0.1) is 11.3 Å². The Labute approximate surface area is 121 Å². The molecule has 0 aliphatic heterocycles. The Morgan fingerprint density at radius 2 is 2.26 bits per heavy atom. The predicted octanol–water partition coefficient (Wildman–Crippen LogP) is 2.27. The van der Waals surface area contributed by atoms with Crippen LogP contribution in [0.25, 0.3) is 0 Å². The van der Waals surface area contributed by atoms with Crippen molar-refractivity contribution in [2.75, 3.05) is 19.1 Å². The Morgan fingerprint density at radius 3 is 2.74 bits per heavy atom. The lowest BCUT2D eigenvalue weighted by atomic mass is 10.2. The van der Waals surface area contributed by atoms with Crippen molar-refractivity contribution in [1.29, 1.82) is 0 Å². The number of urea groups is 1. The topological polar surface area (TPSA) is 69.6 Å². The number of amides is 2. The molecule has 1 rings (SSSR count). The summed E-state index contributed by atoms with van der Waals surface area (Å²) in [4.78, 5) is 25.4. The van der Waals surface area contributed by atoms with Crippen LogP contribution < -0.4 is 5.32 Å². The van der Waals surface area contributed by atoms with E-state index in [2.05, 4.69) is 5.32 Å². The van der Waals surface area contributed by atoms with Gasteiger partial charge in [0.05, 0.1) is 0 Å². The Bertz CT molecular complexity index is 423. The van der Waals surface area contributed by atoms with E-state index in [1.165, 1.54) is 16.2 Å². The maximum atomic E-state index is 12.0. The highest BCUT2D eigenvalue weighted by molar-refractivity contribution is 7.98. The second-order valence-corrected chi connectivity index (χ2v) is 6.04. The summed E-state index contributed by atoms with van der Waals surface area (Å²) in [5.74, 6) is -0.248. The van der Waals surface area contributed by atoms with E-state index >= 15 is 0 Å². The summed E-state index contributed by atoms with van der Waals surface area (Å²) in [5.41, 5.74) is 0. The van der Waals surface area contributed by atoms with Gasteiger partial charge in [-0.25, -0.2) is 9.59 Å². The quantitative estimate of drug-likeness (QED) is 0.846. The van der Waals surface area contributed by atoms with Crippen LogP contribution in [0.15, 0.2) is 17.5 Å². The van der Waals surface area contributed by atoms with Gasteiger partial charge in [0.1, 0.15) is 0 Å². The molecule has 7 heteroatoms. The normalized spacial score (nSPS) is 13.6. The largest absolute Gasteiger partial charge is 0.479 e. The maximum absolute atomic E-state index is 12.0. The number of thiophene rings is 1. The third kappa shape index (κ3) is 4.43. The number of thioether (sulfide) groups is 1. The van der Waals surface area contributed by atoms with Crippen molar-refractivity contribution in [2.24, 2.45) is 0 Å². The van der Waals surface area contributed by atoms with Crippen molar-refractivity contribution in [2.45, 2.75) is 19.0 Å². The van der Waals surface area contributed by atoms with E-state index in [9.17, 15) is 14.7 Å². The van der Waals surface area contributed by atoms with Gasteiger partial charge in [0.15, 0.2) is 6.04 Å². The molecular formula is C12H18N2O3S2. The number of carbonyl (C=O) groups excluding carboxylic acids is 1. The minimum absolute atomic E-state index is 0.0489. The van der Waals surface area contributed by atoms with Crippen LogP contribution in [0.5, 0.6) is 0 Å². The molecule has 1 aromatic heterocycles. The average Bonchev–Trinajstić information content (AvgIpc) is 2.88. The van der Waals surface area contributed by atoms with Crippen molar-refractivity contribution < 1.29 is 14.7 Å². The lowest BCUT2D eigenvalue weighted by Gasteiger charge is -2.26. The van der Waals surface area contributed by atoms with Crippen LogP contribution >= 0.6 is 23.1 Å². The summed E-state index contributed by atoms with van der Waals surface area (Å²) in [5, 5.41) is 13.5. The Kier molecular flexibility index (Phi) is 6.17. The minimum atomic E-state index is -1.05. The van der Waals surface area contributed by atoms with Crippen LogP contribution in [0, 0.1) is 0 Å². The molecule has 2 amide bonds. The summed E-state index contributed by atoms with van der Waals surface area (Å²) in [6, 6.07) is 2.16. The van der Waals surface area contributed by atoms with Gasteiger partial charge in [-0.05, 0) is 24.6 Å². The molecular weight excluding hydrogens is 284 g/mol. The molecule has 2 unspecified atom stereocenters. The number of carboxylic acid groups (broad SMARTS) is 1. The first-order valence-electron chi connectivity index (χ1n) is 5.75. The first-order chi connectivity index (χ1) is 8.97. The Hall–Kier alpha value is -1.21. The number of rotatable bonds is 6. The molecule has 0 saturated carbocycles. The van der Waals surface area contributed by atoms with Crippen molar-refractivity contribution in [3.63, 3.8) is 0 Å². The van der Waals surface area contributed by atoms with E-state index in [1.807, 2.05) is 13.2 Å². The fourth-order valence-electron chi connectivity index (χ4n) is 1.49. The number of nitrogens with one attached hydrogen (secondary N) is 1. The van der Waals surface area contributed by atoms with E-state index in [4.69, 9.17) is 0 Å². The van der Waals surface area contributed by atoms with Gasteiger partial charge >= 0.3 is 12.0 Å². The molecule has 1 aromatic rings. The molecule has 5 nitrogen and oxygen atoms in total. The number of carboxylic acids is 1. The second-order valence-electron chi connectivity index (χ2n) is 4.15. The summed E-state index contributed by atoms with van der Waals surface area (Å²) in [6.45, 7) is 1.93. The van der Waals surface area contributed by atoms with Gasteiger partial charge in [-0.2, -0.15) is 11.8 Å². The molecule has 0 spiro atoms. The van der Waals surface area contributed by atoms with Gasteiger partial charge in [0.2, 0.25) is 0 Å². The fourth-order valence-corrected chi connectivity index (χ4v) is 2.96. The zero-order valence-corrected chi connectivity index (χ0v) is 12.8. The molecule has 0 saturated heterocycles. The molecule has 0 fully saturated rings. The first-order valence-corrected chi connectivity index (χ1v) is 8.03. The van der Waals surface area contributed by atoms with Crippen LogP contribution in [0.2, 0.25) is 0 Å². The minimum Gasteiger partial charge on any atom is -0.479 e. The summed E-state index contributed by atoms with van der Waals surface area (Å²) >= 11 is 2.96. The number of nitrogens with zero attached hydrogens (tertiary/aromatic N) is 1. The zero-order valence-electron chi connectivity index (χ0n) is 11.1. The van der Waals surface area contributed by atoms with Crippen LogP contribution in [0.1, 0.15) is 17.8 Å². The molecule has 2 N–H and O–H groups in total. The van der Waals surface area contributed by atoms with E-state index in [0.717, 1.165) is 5.75 Å². The van der Waals surface area contributed by atoms with Crippen LogP contribution in [0.4, 0.5) is 4.79 Å². The first kappa shape index (κ1) is 15.8. The van der Waals surface area contributed by atoms with Gasteiger partial charge in [-0.3, -0.25) is 0 Å². The van der Waals surface area contributed by atoms with Crippen molar-refractivity contribution in [3.05, 3.63) is 22.4 Å². The lowest BCUT2D eigenvalue weighted by molar-refractivity contribution is -0.139. The number of hydrogen-bond donors (Lipinski definition) is 2. The molecule has 19 heavy (non-hydrogen) atoms. The molecule has 0 aliphatic carbocycles. The summed E-state index contributed by atoms with van der Waals surface area (Å²) < 4.78 is 0. The van der Waals surface area contributed by atoms with E-state index in [1.54, 1.807) is 36.3 Å². The van der Waals surface area contributed by atoms with Crippen LogP contribution in [-0.2, 0) is 4.79 Å². The highest BCUT2D eigenvalue weighted by Gasteiger charge is 2.25. The van der Waals surface area contributed by atoms with Gasteiger partial charge in [-0.1, -0.05) is 6.07 Å². The van der Waals surface area contributed by atoms with Gasteiger partial charge in [0.25, 0.3) is 0 Å². The molecule has 2 atom stereocenters. The molecule has 106 valence electrons. The lowest BCUT2D eigenvalue weighted by Crippen LogP contribution is -2.46. The van der Waals surface area contributed by atoms with Gasteiger partial charge < -0.3 is 15.3 Å². The van der Waals surface area contributed by atoms with E-state index in [0.29, 0.717) is 4.88 Å². The molecule has 0 aliphatic rings. The SMILES string of the molecule is CSCC(C)N(C)C(=O)NC(C(=O)O)c1cccs1. The second kappa shape index (κ2) is 7.40. The third-order valence-electron chi connectivity index (χ3n) is 2.73. The summed E-state index contributed by atoms with van der Waals surface area (Å²) in [6.07, 6.45) is 1.97. The number of carbonyl (C=O) groups is 2. The fraction of sp³-hybridized carbons (Fsp3) is 0.500.